The van der Waals surface area contributed by atoms with Gasteiger partial charge in [0.15, 0.2) is 8.96 Å². The first-order valence-corrected chi connectivity index (χ1v) is 12.3. The van der Waals surface area contributed by atoms with Gasteiger partial charge in [0.25, 0.3) is 8.60 Å². The molecule has 6 nitrogen and oxygen atoms in total. The highest BCUT2D eigenvalue weighted by molar-refractivity contribution is 7.60. The first-order valence-electron chi connectivity index (χ1n) is 9.56. The van der Waals surface area contributed by atoms with Crippen molar-refractivity contribution >= 4 is 26.0 Å². The van der Waals surface area contributed by atoms with Crippen LogP contribution in [-0.4, -0.2) is 11.7 Å². The number of nitrogens with zero attached hydrogens (tertiary/aromatic N) is 2. The Morgan fingerprint density at radius 1 is 0.806 bits per heavy atom. The van der Waals surface area contributed by atoms with Crippen molar-refractivity contribution in [1.82, 2.24) is 4.60 Å². The predicted molar refractivity (Wildman–Crippen MR) is 129 cm³/mol. The summed E-state index contributed by atoms with van der Waals surface area (Å²) in [6.45, 7) is 6.06. The molecule has 0 aliphatic carbocycles. The minimum Gasteiger partial charge on any atom is -0.458 e. The molecule has 0 aromatic heterocycles. The van der Waals surface area contributed by atoms with Gasteiger partial charge in [-0.1, -0.05) is 41.0 Å². The van der Waals surface area contributed by atoms with Crippen LogP contribution in [0.2, 0.25) is 0 Å². The Morgan fingerprint density at radius 2 is 1.35 bits per heavy atom. The van der Waals surface area contributed by atoms with Gasteiger partial charge in [-0.3, -0.25) is 4.84 Å². The van der Waals surface area contributed by atoms with Gasteiger partial charge in [-0.2, -0.15) is 0 Å². The molecule has 0 heterocycles. The van der Waals surface area contributed by atoms with Gasteiger partial charge in [0.05, 0.1) is 7.11 Å². The van der Waals surface area contributed by atoms with Gasteiger partial charge in [-0.25, -0.2) is 0 Å². The lowest BCUT2D eigenvalue weighted by molar-refractivity contribution is 0.0281. The minimum absolute atomic E-state index is 0.137. The van der Waals surface area contributed by atoms with Crippen molar-refractivity contribution in [2.24, 2.45) is 4.52 Å². The van der Waals surface area contributed by atoms with Crippen LogP contribution in [0.1, 0.15) is 16.7 Å². The number of hydrogen-bond donors (Lipinski definition) is 0. The summed E-state index contributed by atoms with van der Waals surface area (Å²) in [4.78, 5) is 5.56. The van der Waals surface area contributed by atoms with Gasteiger partial charge < -0.3 is 13.6 Å². The summed E-state index contributed by atoms with van der Waals surface area (Å²) in [6, 6.07) is 23.5. The second kappa shape index (κ2) is 12.1. The lowest BCUT2D eigenvalue weighted by Gasteiger charge is -2.23. The number of aryl methyl sites for hydroxylation is 3. The molecule has 0 aliphatic rings. The molecule has 3 rings (SSSR count). The van der Waals surface area contributed by atoms with E-state index in [2.05, 4.69) is 4.52 Å². The van der Waals surface area contributed by atoms with Crippen molar-refractivity contribution in [3.8, 4) is 17.2 Å². The van der Waals surface area contributed by atoms with Crippen molar-refractivity contribution in [2.75, 3.05) is 7.11 Å². The average molecular weight is 474 g/mol. The molecule has 2 atom stereocenters. The van der Waals surface area contributed by atoms with E-state index in [1.54, 1.807) is 11.7 Å². The van der Waals surface area contributed by atoms with Gasteiger partial charge in [-0.15, -0.1) is 4.52 Å². The van der Waals surface area contributed by atoms with Gasteiger partial charge in [-0.05, 0) is 73.9 Å². The van der Waals surface area contributed by atoms with Crippen LogP contribution < -0.4 is 13.6 Å². The zero-order chi connectivity index (χ0) is 22.1. The summed E-state index contributed by atoms with van der Waals surface area (Å²) in [5.41, 5.74) is 3.35. The second-order valence-electron chi connectivity index (χ2n) is 6.70. The molecule has 0 N–H and O–H groups in total. The van der Waals surface area contributed by atoms with Crippen LogP contribution in [0.15, 0.2) is 77.3 Å². The highest BCUT2D eigenvalue weighted by Crippen LogP contribution is 2.52. The van der Waals surface area contributed by atoms with Crippen molar-refractivity contribution in [3.63, 3.8) is 0 Å². The Morgan fingerprint density at radius 3 is 1.97 bits per heavy atom. The molecule has 3 aromatic carbocycles. The Bertz CT molecular complexity index is 1020. The van der Waals surface area contributed by atoms with Crippen molar-refractivity contribution in [2.45, 2.75) is 20.8 Å². The first kappa shape index (κ1) is 23.6. The van der Waals surface area contributed by atoms with Crippen LogP contribution in [0.5, 0.6) is 17.2 Å². The van der Waals surface area contributed by atoms with Crippen LogP contribution in [0.4, 0.5) is 0 Å². The van der Waals surface area contributed by atoms with Crippen LogP contribution in [0.3, 0.4) is 0 Å². The summed E-state index contributed by atoms with van der Waals surface area (Å²) in [7, 11) is 0.321. The van der Waals surface area contributed by atoms with Gasteiger partial charge in [0.2, 0.25) is 0 Å². The molecule has 0 radical (unpaired) electrons. The normalized spacial score (nSPS) is 12.5. The maximum Gasteiger partial charge on any atom is 0.337 e. The largest absolute Gasteiger partial charge is 0.458 e. The Hall–Kier alpha value is -2.06. The maximum atomic E-state index is 6.16. The van der Waals surface area contributed by atoms with Gasteiger partial charge in [0, 0.05) is 0 Å². The standard InChI is InChI=1S/C22H25N2O4P3/c1-17-8-5-11-20(14-17)26-29-23-31(28-22-13-7-10-19(3)16-22)24(25-4)30-27-21-12-6-9-18(2)15-21/h5-16,30H,1-4H3. The Labute approximate surface area is 188 Å². The molecule has 0 saturated heterocycles. The van der Waals surface area contributed by atoms with E-state index < -0.39 is 8.45 Å². The smallest absolute Gasteiger partial charge is 0.337 e. The van der Waals surface area contributed by atoms with E-state index in [-0.39, 0.29) is 8.96 Å². The molecule has 31 heavy (non-hydrogen) atoms. The molecule has 9 heteroatoms. The highest BCUT2D eigenvalue weighted by atomic mass is 31.2. The summed E-state index contributed by atoms with van der Waals surface area (Å²) in [5, 5.41) is 0. The minimum atomic E-state index is -1.53. The highest BCUT2D eigenvalue weighted by Gasteiger charge is 2.24. The van der Waals surface area contributed by atoms with Crippen molar-refractivity contribution < 1.29 is 18.4 Å². The average Bonchev–Trinajstić information content (AvgIpc) is 2.74. The number of rotatable bonds is 10. The predicted octanol–water partition coefficient (Wildman–Crippen LogP) is 7.79. The first-order chi connectivity index (χ1) is 15.0. The van der Waals surface area contributed by atoms with Gasteiger partial charge >= 0.3 is 8.45 Å². The van der Waals surface area contributed by atoms with Crippen molar-refractivity contribution in [1.29, 1.82) is 0 Å². The second-order valence-corrected chi connectivity index (χ2v) is 9.99. The van der Waals surface area contributed by atoms with E-state index >= 15 is 0 Å². The zero-order valence-electron chi connectivity index (χ0n) is 17.9. The summed E-state index contributed by atoms with van der Waals surface area (Å²) in [5.74, 6) is 2.22. The van der Waals surface area contributed by atoms with Gasteiger partial charge in [0.1, 0.15) is 17.2 Å². The molecule has 0 amide bonds. The van der Waals surface area contributed by atoms with E-state index in [1.165, 1.54) is 0 Å². The molecular weight excluding hydrogens is 449 g/mol. The quantitative estimate of drug-likeness (QED) is 0.222. The molecule has 0 fully saturated rings. The van der Waals surface area contributed by atoms with Crippen LogP contribution in [-0.2, 0) is 4.84 Å². The van der Waals surface area contributed by atoms with Crippen molar-refractivity contribution in [3.05, 3.63) is 89.5 Å². The maximum absolute atomic E-state index is 6.16. The molecule has 162 valence electrons. The monoisotopic (exact) mass is 474 g/mol. The number of hydrogen-bond acceptors (Lipinski definition) is 6. The zero-order valence-corrected chi connectivity index (χ0v) is 20.6. The summed E-state index contributed by atoms with van der Waals surface area (Å²) >= 11 is 0. The van der Waals surface area contributed by atoms with E-state index in [1.807, 2.05) is 93.6 Å². The van der Waals surface area contributed by atoms with Crippen LogP contribution >= 0.6 is 26.0 Å². The molecule has 3 aromatic rings. The van der Waals surface area contributed by atoms with E-state index in [4.69, 9.17) is 18.4 Å². The SMILES string of the molecule is CON(POc1cccc(C)c1)P(N=POc1cccc(C)c1)Oc1cccc(C)c1. The Kier molecular flexibility index (Phi) is 9.21. The third kappa shape index (κ3) is 7.85. The third-order valence-electron chi connectivity index (χ3n) is 3.98. The molecule has 0 spiro atoms. The number of benzene rings is 3. The fraction of sp³-hybridized carbons (Fsp3) is 0.182. The van der Waals surface area contributed by atoms with E-state index in [9.17, 15) is 0 Å². The summed E-state index contributed by atoms with van der Waals surface area (Å²) < 4.78 is 24.1. The molecule has 0 saturated carbocycles. The third-order valence-corrected chi connectivity index (χ3v) is 7.45. The van der Waals surface area contributed by atoms with E-state index in [0.29, 0.717) is 14.3 Å². The molecular formula is C22H25N2O4P3. The van der Waals surface area contributed by atoms with Crippen LogP contribution in [0.25, 0.3) is 0 Å². The fourth-order valence-corrected chi connectivity index (χ4v) is 5.37. The molecule has 2 unspecified atom stereocenters. The topological polar surface area (TPSA) is 52.5 Å². The molecule has 0 aliphatic heterocycles. The lowest BCUT2D eigenvalue weighted by Crippen LogP contribution is -2.09. The Balaban J connectivity index is 1.74. The fourth-order valence-electron chi connectivity index (χ4n) is 2.54. The lowest BCUT2D eigenvalue weighted by atomic mass is 10.2. The molecule has 0 bridgehead atoms. The van der Waals surface area contributed by atoms with Crippen LogP contribution in [0, 0.1) is 20.8 Å². The van der Waals surface area contributed by atoms with E-state index in [0.717, 1.165) is 28.2 Å². The summed E-state index contributed by atoms with van der Waals surface area (Å²) in [6.07, 6.45) is 0.